The molecule has 0 saturated carbocycles. The van der Waals surface area contributed by atoms with Gasteiger partial charge in [-0.25, -0.2) is 4.79 Å². The Labute approximate surface area is 207 Å². The first-order valence-corrected chi connectivity index (χ1v) is 10.7. The summed E-state index contributed by atoms with van der Waals surface area (Å²) in [5.74, 6) is -0.818. The second kappa shape index (κ2) is 12.1. The Morgan fingerprint density at radius 2 is 1.60 bits per heavy atom. The molecule has 8 heteroatoms. The topological polar surface area (TPSA) is 104 Å². The predicted octanol–water partition coefficient (Wildman–Crippen LogP) is 5.29. The van der Waals surface area contributed by atoms with Crippen molar-refractivity contribution < 1.29 is 24.2 Å². The van der Waals surface area contributed by atoms with Crippen LogP contribution in [-0.2, 0) is 30.9 Å². The molecule has 0 bridgehead atoms. The third kappa shape index (κ3) is 7.40. The fourth-order valence-corrected chi connectivity index (χ4v) is 3.24. The van der Waals surface area contributed by atoms with Crippen molar-refractivity contribution in [3.05, 3.63) is 59.7 Å². The number of nitrogens with zero attached hydrogens (tertiary/aromatic N) is 3. The number of aromatic hydroxyl groups is 1. The molecule has 3 rings (SSSR count). The standard InChI is InChI=1S/C25H29N3O5.2CH4/c1-16(2)24(31)33-13-12-32-22(29)11-10-17-14-18(25(3,4)5)23(30)21(15-17)28-26-19-8-6-7-9-20(19)27-28;;/h6-9,14-15,30H,1,10-13H2,2-5H3;2*1H4. The fraction of sp³-hybridized carbons (Fsp3) is 0.407. The number of rotatable bonds is 8. The number of fused-ring (bicyclic) bond motifs is 1. The lowest BCUT2D eigenvalue weighted by atomic mass is 9.84. The Hall–Kier alpha value is -3.68. The summed E-state index contributed by atoms with van der Waals surface area (Å²) in [5.41, 5.74) is 3.42. The molecule has 190 valence electrons. The van der Waals surface area contributed by atoms with E-state index in [1.54, 1.807) is 13.0 Å². The summed E-state index contributed by atoms with van der Waals surface area (Å²) in [6.45, 7) is 11.0. The first-order chi connectivity index (χ1) is 15.6. The van der Waals surface area contributed by atoms with E-state index in [1.807, 2.05) is 51.1 Å². The number of carbonyl (C=O) groups excluding carboxylic acids is 2. The highest BCUT2D eigenvalue weighted by atomic mass is 16.6. The molecule has 2 aromatic carbocycles. The molecule has 1 N–H and O–H groups in total. The number of aromatic nitrogens is 3. The molecule has 0 fully saturated rings. The maximum atomic E-state index is 12.2. The molecule has 0 amide bonds. The maximum absolute atomic E-state index is 12.2. The van der Waals surface area contributed by atoms with E-state index in [2.05, 4.69) is 16.8 Å². The highest BCUT2D eigenvalue weighted by Crippen LogP contribution is 2.36. The fourth-order valence-electron chi connectivity index (χ4n) is 3.24. The van der Waals surface area contributed by atoms with Gasteiger partial charge in [0.15, 0.2) is 0 Å². The van der Waals surface area contributed by atoms with Crippen LogP contribution in [0.3, 0.4) is 0 Å². The second-order valence-corrected chi connectivity index (χ2v) is 8.88. The van der Waals surface area contributed by atoms with Crippen LogP contribution >= 0.6 is 0 Å². The summed E-state index contributed by atoms with van der Waals surface area (Å²) in [4.78, 5) is 24.9. The minimum atomic E-state index is -0.516. The zero-order valence-corrected chi connectivity index (χ0v) is 19.4. The van der Waals surface area contributed by atoms with E-state index in [0.717, 1.165) is 22.2 Å². The molecule has 3 aromatic rings. The van der Waals surface area contributed by atoms with Gasteiger partial charge in [-0.05, 0) is 42.5 Å². The number of esters is 2. The van der Waals surface area contributed by atoms with Crippen LogP contribution in [0.25, 0.3) is 16.7 Å². The zero-order valence-electron chi connectivity index (χ0n) is 19.4. The molecule has 1 aromatic heterocycles. The molecule has 0 aliphatic rings. The number of phenolic OH excluding ortho intramolecular Hbond substituents is 1. The Kier molecular flexibility index (Phi) is 10.2. The largest absolute Gasteiger partial charge is 0.505 e. The van der Waals surface area contributed by atoms with Crippen molar-refractivity contribution in [3.63, 3.8) is 0 Å². The van der Waals surface area contributed by atoms with Crippen LogP contribution in [0.5, 0.6) is 5.75 Å². The van der Waals surface area contributed by atoms with Crippen LogP contribution in [0, 0.1) is 0 Å². The van der Waals surface area contributed by atoms with Crippen molar-refractivity contribution in [2.45, 2.75) is 60.8 Å². The number of benzene rings is 2. The summed E-state index contributed by atoms with van der Waals surface area (Å²) in [7, 11) is 0. The smallest absolute Gasteiger partial charge is 0.333 e. The van der Waals surface area contributed by atoms with Crippen molar-refractivity contribution in [1.29, 1.82) is 0 Å². The Balaban J connectivity index is 0.00000306. The van der Waals surface area contributed by atoms with Gasteiger partial charge in [0.1, 0.15) is 35.7 Å². The normalized spacial score (nSPS) is 10.7. The minimum Gasteiger partial charge on any atom is -0.505 e. The monoisotopic (exact) mass is 483 g/mol. The lowest BCUT2D eigenvalue weighted by Gasteiger charge is -2.23. The Bertz CT molecular complexity index is 1160. The Morgan fingerprint density at radius 1 is 1.03 bits per heavy atom. The third-order valence-electron chi connectivity index (χ3n) is 5.01. The van der Waals surface area contributed by atoms with Crippen LogP contribution in [0.4, 0.5) is 0 Å². The van der Waals surface area contributed by atoms with E-state index in [1.165, 1.54) is 4.80 Å². The van der Waals surface area contributed by atoms with Crippen LogP contribution < -0.4 is 0 Å². The van der Waals surface area contributed by atoms with Gasteiger partial charge in [0, 0.05) is 17.6 Å². The molecular weight excluding hydrogens is 446 g/mol. The molecule has 0 aliphatic heterocycles. The van der Waals surface area contributed by atoms with Crippen LogP contribution in [0.1, 0.15) is 60.1 Å². The Morgan fingerprint density at radius 3 is 2.14 bits per heavy atom. The van der Waals surface area contributed by atoms with Gasteiger partial charge in [-0.15, -0.1) is 15.0 Å². The minimum absolute atomic E-state index is 0. The number of aryl methyl sites for hydroxylation is 1. The number of ether oxygens (including phenoxy) is 2. The lowest BCUT2D eigenvalue weighted by Crippen LogP contribution is -2.15. The van der Waals surface area contributed by atoms with Gasteiger partial charge in [0.2, 0.25) is 0 Å². The number of carbonyl (C=O) groups is 2. The number of phenols is 1. The van der Waals surface area contributed by atoms with E-state index in [-0.39, 0.29) is 45.7 Å². The molecule has 0 spiro atoms. The highest BCUT2D eigenvalue weighted by Gasteiger charge is 2.23. The van der Waals surface area contributed by atoms with E-state index in [0.29, 0.717) is 17.7 Å². The average Bonchev–Trinajstić information content (AvgIpc) is 3.18. The number of hydrogen-bond acceptors (Lipinski definition) is 7. The molecular formula is C27H37N3O5. The van der Waals surface area contributed by atoms with Gasteiger partial charge in [0.05, 0.1) is 0 Å². The molecule has 0 radical (unpaired) electrons. The summed E-state index contributed by atoms with van der Waals surface area (Å²) in [6, 6.07) is 11.1. The van der Waals surface area contributed by atoms with Crippen molar-refractivity contribution in [1.82, 2.24) is 15.0 Å². The summed E-state index contributed by atoms with van der Waals surface area (Å²) in [5, 5.41) is 20.0. The van der Waals surface area contributed by atoms with E-state index in [4.69, 9.17) is 9.47 Å². The molecule has 0 aliphatic carbocycles. The summed E-state index contributed by atoms with van der Waals surface area (Å²) in [6.07, 6.45) is 0.540. The van der Waals surface area contributed by atoms with Gasteiger partial charge in [0.25, 0.3) is 0 Å². The molecule has 0 saturated heterocycles. The molecule has 35 heavy (non-hydrogen) atoms. The second-order valence-electron chi connectivity index (χ2n) is 8.88. The van der Waals surface area contributed by atoms with Crippen LogP contribution in [0.15, 0.2) is 48.6 Å². The lowest BCUT2D eigenvalue weighted by molar-refractivity contribution is -0.150. The highest BCUT2D eigenvalue weighted by molar-refractivity contribution is 5.86. The van der Waals surface area contributed by atoms with Crippen LogP contribution in [-0.4, -0.2) is 45.3 Å². The van der Waals surface area contributed by atoms with Crippen LogP contribution in [0.2, 0.25) is 0 Å². The maximum Gasteiger partial charge on any atom is 0.333 e. The third-order valence-corrected chi connectivity index (χ3v) is 5.01. The molecule has 8 nitrogen and oxygen atoms in total. The first kappa shape index (κ1) is 29.4. The van der Waals surface area contributed by atoms with Gasteiger partial charge in [-0.3, -0.25) is 4.79 Å². The summed E-state index contributed by atoms with van der Waals surface area (Å²) < 4.78 is 10.1. The zero-order chi connectivity index (χ0) is 24.2. The quantitative estimate of drug-likeness (QED) is 0.264. The average molecular weight is 484 g/mol. The molecule has 1 heterocycles. The number of hydrogen-bond donors (Lipinski definition) is 1. The van der Waals surface area contributed by atoms with Crippen molar-refractivity contribution in [2.75, 3.05) is 13.2 Å². The van der Waals surface area contributed by atoms with Gasteiger partial charge in [-0.2, -0.15) is 0 Å². The van der Waals surface area contributed by atoms with E-state index < -0.39 is 11.9 Å². The molecule has 0 unspecified atom stereocenters. The van der Waals surface area contributed by atoms with E-state index in [9.17, 15) is 14.7 Å². The predicted molar refractivity (Wildman–Crippen MR) is 138 cm³/mol. The summed E-state index contributed by atoms with van der Waals surface area (Å²) >= 11 is 0. The SMILES string of the molecule is C.C.C=C(C)C(=O)OCCOC(=O)CCc1cc(-n2nc3ccccc3n2)c(O)c(C(C)(C)C)c1. The van der Waals surface area contributed by atoms with Gasteiger partial charge >= 0.3 is 11.9 Å². The van der Waals surface area contributed by atoms with Crippen molar-refractivity contribution in [3.8, 4) is 11.4 Å². The molecule has 0 atom stereocenters. The van der Waals surface area contributed by atoms with Gasteiger partial charge < -0.3 is 14.6 Å². The van der Waals surface area contributed by atoms with Crippen molar-refractivity contribution >= 4 is 23.0 Å². The first-order valence-electron chi connectivity index (χ1n) is 10.7. The van der Waals surface area contributed by atoms with Gasteiger partial charge in [-0.1, -0.05) is 60.4 Å². The van der Waals surface area contributed by atoms with Crippen molar-refractivity contribution in [2.24, 2.45) is 0 Å². The van der Waals surface area contributed by atoms with E-state index >= 15 is 0 Å².